The van der Waals surface area contributed by atoms with Gasteiger partial charge in [0.15, 0.2) is 0 Å². The molecule has 2 heteroatoms. The van der Waals surface area contributed by atoms with Crippen LogP contribution < -0.4 is 5.32 Å². The first-order valence-corrected chi connectivity index (χ1v) is 6.26. The van der Waals surface area contributed by atoms with Crippen molar-refractivity contribution in [3.05, 3.63) is 71.0 Å². The molecule has 0 aliphatic heterocycles. The second-order valence-corrected chi connectivity index (χ2v) is 4.44. The molecule has 1 N–H and O–H groups in total. The quantitative estimate of drug-likeness (QED) is 0.793. The summed E-state index contributed by atoms with van der Waals surface area (Å²) in [7, 11) is 0. The fourth-order valence-corrected chi connectivity index (χ4v) is 1.96. The number of rotatable bonds is 5. The second kappa shape index (κ2) is 6.31. The molecule has 2 aromatic carbocycles. The van der Waals surface area contributed by atoms with Gasteiger partial charge in [-0.15, -0.1) is 0 Å². The minimum absolute atomic E-state index is 0.116. The third-order valence-corrected chi connectivity index (χ3v) is 3.11. The summed E-state index contributed by atoms with van der Waals surface area (Å²) in [5, 5.41) is 3.35. The third-order valence-electron chi connectivity index (χ3n) is 3.11. The van der Waals surface area contributed by atoms with Crippen molar-refractivity contribution in [2.75, 3.05) is 6.54 Å². The second-order valence-electron chi connectivity index (χ2n) is 4.44. The normalized spacial score (nSPS) is 10.6. The van der Waals surface area contributed by atoms with Crippen molar-refractivity contribution in [3.63, 3.8) is 0 Å². The van der Waals surface area contributed by atoms with Crippen molar-refractivity contribution in [1.82, 2.24) is 5.32 Å². The van der Waals surface area contributed by atoms with Crippen molar-refractivity contribution in [3.8, 4) is 0 Å². The lowest BCUT2D eigenvalue weighted by molar-refractivity contribution is 0.597. The summed E-state index contributed by atoms with van der Waals surface area (Å²) in [5.74, 6) is -0.116. The number of halogens is 1. The van der Waals surface area contributed by atoms with E-state index in [1.54, 1.807) is 6.07 Å². The highest BCUT2D eigenvalue weighted by Crippen LogP contribution is 2.08. The van der Waals surface area contributed by atoms with E-state index in [1.807, 2.05) is 24.3 Å². The molecule has 0 aliphatic rings. The maximum atomic E-state index is 13.4. The van der Waals surface area contributed by atoms with Crippen LogP contribution in [0, 0.1) is 12.7 Å². The average molecular weight is 243 g/mol. The first kappa shape index (κ1) is 12.8. The summed E-state index contributed by atoms with van der Waals surface area (Å²) < 4.78 is 13.4. The van der Waals surface area contributed by atoms with Gasteiger partial charge >= 0.3 is 0 Å². The minimum atomic E-state index is -0.116. The number of benzene rings is 2. The Labute approximate surface area is 108 Å². The predicted molar refractivity (Wildman–Crippen MR) is 73.0 cm³/mol. The maximum absolute atomic E-state index is 13.4. The molecule has 0 bridgehead atoms. The van der Waals surface area contributed by atoms with E-state index in [2.05, 4.69) is 24.4 Å². The lowest BCUT2D eigenvalue weighted by Gasteiger charge is -2.08. The Morgan fingerprint density at radius 3 is 2.33 bits per heavy atom. The zero-order valence-electron chi connectivity index (χ0n) is 10.6. The largest absolute Gasteiger partial charge is 0.312 e. The number of hydrogen-bond acceptors (Lipinski definition) is 1. The first-order valence-electron chi connectivity index (χ1n) is 6.26. The van der Waals surface area contributed by atoms with Crippen LogP contribution in [0.4, 0.5) is 4.39 Å². The zero-order chi connectivity index (χ0) is 12.8. The van der Waals surface area contributed by atoms with Gasteiger partial charge in [-0.25, -0.2) is 4.39 Å². The van der Waals surface area contributed by atoms with Crippen LogP contribution in [0.25, 0.3) is 0 Å². The Balaban J connectivity index is 1.80. The molecule has 2 rings (SSSR count). The van der Waals surface area contributed by atoms with Crippen LogP contribution in [-0.4, -0.2) is 6.54 Å². The molecular weight excluding hydrogens is 225 g/mol. The van der Waals surface area contributed by atoms with Crippen LogP contribution in [0.1, 0.15) is 16.7 Å². The lowest BCUT2D eigenvalue weighted by Crippen LogP contribution is -2.17. The SMILES string of the molecule is Cc1ccccc1CNCCc1ccccc1F. The van der Waals surface area contributed by atoms with Crippen molar-refractivity contribution in [1.29, 1.82) is 0 Å². The third kappa shape index (κ3) is 3.41. The van der Waals surface area contributed by atoms with Gasteiger partial charge in [0.1, 0.15) is 5.82 Å². The first-order chi connectivity index (χ1) is 8.77. The number of aryl methyl sites for hydroxylation is 1. The Morgan fingerprint density at radius 2 is 1.61 bits per heavy atom. The van der Waals surface area contributed by atoms with E-state index in [1.165, 1.54) is 17.2 Å². The topological polar surface area (TPSA) is 12.0 Å². The van der Waals surface area contributed by atoms with Gasteiger partial charge in [0.25, 0.3) is 0 Å². The molecule has 0 aliphatic carbocycles. The summed E-state index contributed by atoms with van der Waals surface area (Å²) in [6.45, 7) is 3.73. The zero-order valence-corrected chi connectivity index (χ0v) is 10.6. The van der Waals surface area contributed by atoms with Crippen LogP contribution >= 0.6 is 0 Å². The minimum Gasteiger partial charge on any atom is -0.312 e. The monoisotopic (exact) mass is 243 g/mol. The molecule has 0 saturated carbocycles. The highest BCUT2D eigenvalue weighted by atomic mass is 19.1. The fourth-order valence-electron chi connectivity index (χ4n) is 1.96. The molecule has 0 atom stereocenters. The van der Waals surface area contributed by atoms with Crippen molar-refractivity contribution in [2.45, 2.75) is 19.9 Å². The maximum Gasteiger partial charge on any atom is 0.126 e. The number of nitrogens with one attached hydrogen (secondary N) is 1. The van der Waals surface area contributed by atoms with Gasteiger partial charge in [-0.2, -0.15) is 0 Å². The molecular formula is C16H18FN. The number of hydrogen-bond donors (Lipinski definition) is 1. The van der Waals surface area contributed by atoms with Gasteiger partial charge in [-0.3, -0.25) is 0 Å². The van der Waals surface area contributed by atoms with E-state index in [0.717, 1.165) is 25.1 Å². The summed E-state index contributed by atoms with van der Waals surface area (Å²) in [6, 6.07) is 15.2. The summed E-state index contributed by atoms with van der Waals surface area (Å²) in [6.07, 6.45) is 0.721. The molecule has 0 amide bonds. The van der Waals surface area contributed by atoms with Crippen molar-refractivity contribution < 1.29 is 4.39 Å². The van der Waals surface area contributed by atoms with E-state index in [4.69, 9.17) is 0 Å². The highest BCUT2D eigenvalue weighted by molar-refractivity contribution is 5.25. The Morgan fingerprint density at radius 1 is 0.944 bits per heavy atom. The van der Waals surface area contributed by atoms with Gasteiger partial charge in [-0.1, -0.05) is 42.5 Å². The predicted octanol–water partition coefficient (Wildman–Crippen LogP) is 3.47. The smallest absolute Gasteiger partial charge is 0.126 e. The molecule has 0 fully saturated rings. The van der Waals surface area contributed by atoms with Crippen LogP contribution in [0.5, 0.6) is 0 Å². The molecule has 0 heterocycles. The van der Waals surface area contributed by atoms with Gasteiger partial charge < -0.3 is 5.32 Å². The molecule has 18 heavy (non-hydrogen) atoms. The van der Waals surface area contributed by atoms with Gasteiger partial charge in [0.2, 0.25) is 0 Å². The van der Waals surface area contributed by atoms with Crippen LogP contribution in [-0.2, 0) is 13.0 Å². The van der Waals surface area contributed by atoms with E-state index in [0.29, 0.717) is 0 Å². The average Bonchev–Trinajstić information content (AvgIpc) is 2.38. The van der Waals surface area contributed by atoms with Crippen molar-refractivity contribution in [2.24, 2.45) is 0 Å². The molecule has 0 spiro atoms. The molecule has 2 aromatic rings. The van der Waals surface area contributed by atoms with E-state index in [9.17, 15) is 4.39 Å². The molecule has 1 nitrogen and oxygen atoms in total. The Bertz CT molecular complexity index is 460. The summed E-state index contributed by atoms with van der Waals surface area (Å²) >= 11 is 0. The van der Waals surface area contributed by atoms with E-state index < -0.39 is 0 Å². The Hall–Kier alpha value is -1.67. The molecule has 94 valence electrons. The molecule has 0 saturated heterocycles. The fraction of sp³-hybridized carbons (Fsp3) is 0.250. The standard InChI is InChI=1S/C16H18FN/c1-13-6-2-3-8-15(13)12-18-11-10-14-7-4-5-9-16(14)17/h2-9,18H,10-12H2,1H3. The molecule has 0 aromatic heterocycles. The molecule has 0 radical (unpaired) electrons. The Kier molecular flexibility index (Phi) is 4.48. The van der Waals surface area contributed by atoms with Crippen molar-refractivity contribution >= 4 is 0 Å². The molecule has 0 unspecified atom stereocenters. The van der Waals surface area contributed by atoms with E-state index >= 15 is 0 Å². The van der Waals surface area contributed by atoms with Gasteiger partial charge in [0.05, 0.1) is 0 Å². The lowest BCUT2D eigenvalue weighted by atomic mass is 10.1. The van der Waals surface area contributed by atoms with Crippen LogP contribution in [0.3, 0.4) is 0 Å². The van der Waals surface area contributed by atoms with Gasteiger partial charge in [-0.05, 0) is 42.6 Å². The highest BCUT2D eigenvalue weighted by Gasteiger charge is 2.00. The van der Waals surface area contributed by atoms with Crippen LogP contribution in [0.2, 0.25) is 0 Å². The van der Waals surface area contributed by atoms with Gasteiger partial charge in [0, 0.05) is 6.54 Å². The van der Waals surface area contributed by atoms with E-state index in [-0.39, 0.29) is 5.82 Å². The van der Waals surface area contributed by atoms with Crippen LogP contribution in [0.15, 0.2) is 48.5 Å². The summed E-state index contributed by atoms with van der Waals surface area (Å²) in [5.41, 5.74) is 3.36. The summed E-state index contributed by atoms with van der Waals surface area (Å²) in [4.78, 5) is 0.